The summed E-state index contributed by atoms with van der Waals surface area (Å²) in [6.45, 7) is 5.80. The van der Waals surface area contributed by atoms with Gasteiger partial charge in [-0.3, -0.25) is 4.79 Å². The van der Waals surface area contributed by atoms with Crippen LogP contribution in [0, 0.1) is 105 Å². The van der Waals surface area contributed by atoms with E-state index < -0.39 is 70.3 Å². The van der Waals surface area contributed by atoms with Gasteiger partial charge >= 0.3 is 5.97 Å². The van der Waals surface area contributed by atoms with Crippen molar-refractivity contribution in [3.8, 4) is 0 Å². The molecule has 1 aromatic rings. The van der Waals surface area contributed by atoms with Crippen molar-refractivity contribution in [2.24, 2.45) is 16.7 Å². The molecule has 9 unspecified atom stereocenters. The molecule has 8 nitrogen and oxygen atoms in total. The molecule has 1 heterocycles. The molecule has 5 rings (SSSR count). The smallest absolute Gasteiger partial charge is 0.338 e. The summed E-state index contributed by atoms with van der Waals surface area (Å²) >= 11 is 0. The number of benzene rings is 1. The SMILES string of the molecule is CC1=C2C(O)C(=O)C3(C)C(F)CC4OCC4(O)C3C(OC(=O)c3ccccc3)C(O)(CC1O)C2(C)C.[Ac].[Ac]. The zero-order valence-electron chi connectivity index (χ0n) is 21.9. The zero-order chi connectivity index (χ0) is 26.4. The predicted molar refractivity (Wildman–Crippen MR) is 125 cm³/mol. The maximum absolute atomic E-state index is 16.0. The second kappa shape index (κ2) is 11.1. The fourth-order valence-corrected chi connectivity index (χ4v) is 7.23. The van der Waals surface area contributed by atoms with Crippen LogP contribution in [0.4, 0.5) is 4.39 Å². The summed E-state index contributed by atoms with van der Waals surface area (Å²) in [7, 11) is 0. The molecular weight excluding hydrogens is 925 g/mol. The third-order valence-electron chi connectivity index (χ3n) is 9.58. The van der Waals surface area contributed by atoms with Gasteiger partial charge in [-0.1, -0.05) is 32.0 Å². The zero-order valence-corrected chi connectivity index (χ0v) is 31.4. The Morgan fingerprint density at radius 2 is 1.71 bits per heavy atom. The third kappa shape index (κ3) is 4.44. The van der Waals surface area contributed by atoms with E-state index in [4.69, 9.17) is 9.47 Å². The molecule has 9 atom stereocenters. The summed E-state index contributed by atoms with van der Waals surface area (Å²) < 4.78 is 27.4. The summed E-state index contributed by atoms with van der Waals surface area (Å²) in [5, 5.41) is 46.5. The van der Waals surface area contributed by atoms with Crippen LogP contribution in [0.25, 0.3) is 0 Å². The molecule has 0 aromatic heterocycles. The molecule has 0 spiro atoms. The van der Waals surface area contributed by atoms with Gasteiger partial charge in [0.1, 0.15) is 29.6 Å². The van der Waals surface area contributed by atoms with Crippen LogP contribution in [-0.4, -0.2) is 80.6 Å². The first-order chi connectivity index (χ1) is 16.7. The Morgan fingerprint density at radius 3 is 2.26 bits per heavy atom. The number of carbonyl (C=O) groups is 2. The van der Waals surface area contributed by atoms with Gasteiger partial charge in [0.15, 0.2) is 5.78 Å². The molecular formula is C27H33Ac2FO8. The topological polar surface area (TPSA) is 134 Å². The molecule has 1 aromatic carbocycles. The predicted octanol–water partition coefficient (Wildman–Crippen LogP) is 1.49. The molecule has 2 bridgehead atoms. The van der Waals surface area contributed by atoms with Gasteiger partial charge in [-0.15, -0.1) is 0 Å². The number of ketones is 1. The van der Waals surface area contributed by atoms with Crippen molar-refractivity contribution >= 4 is 11.8 Å². The van der Waals surface area contributed by atoms with Crippen molar-refractivity contribution in [2.75, 3.05) is 6.61 Å². The van der Waals surface area contributed by atoms with Crippen molar-refractivity contribution in [1.82, 2.24) is 0 Å². The van der Waals surface area contributed by atoms with E-state index in [1.165, 1.54) is 19.1 Å². The number of carbonyl (C=O) groups excluding carboxylic acids is 2. The molecule has 4 aliphatic rings. The van der Waals surface area contributed by atoms with Crippen molar-refractivity contribution in [3.63, 3.8) is 0 Å². The van der Waals surface area contributed by atoms with Crippen LogP contribution < -0.4 is 0 Å². The van der Waals surface area contributed by atoms with E-state index in [1.54, 1.807) is 39.0 Å². The van der Waals surface area contributed by atoms with Crippen LogP contribution in [0.1, 0.15) is 50.9 Å². The number of hydrogen-bond donors (Lipinski definition) is 4. The van der Waals surface area contributed by atoms with Crippen molar-refractivity contribution in [3.05, 3.63) is 47.0 Å². The summed E-state index contributed by atoms with van der Waals surface area (Å²) in [5.41, 5.74) is -6.76. The number of Topliss-reactive ketones (excluding diaryl/α,β-unsaturated/α-hetero) is 1. The van der Waals surface area contributed by atoms with Crippen LogP contribution in [0.2, 0.25) is 0 Å². The molecule has 1 aliphatic heterocycles. The van der Waals surface area contributed by atoms with E-state index in [-0.39, 0.29) is 119 Å². The van der Waals surface area contributed by atoms with Crippen LogP contribution in [0.15, 0.2) is 41.5 Å². The van der Waals surface area contributed by atoms with E-state index in [2.05, 4.69) is 0 Å². The van der Waals surface area contributed by atoms with E-state index in [1.807, 2.05) is 0 Å². The average Bonchev–Trinajstić information content (AvgIpc) is 2.83. The number of aliphatic hydroxyl groups excluding tert-OH is 2. The number of halogens is 1. The van der Waals surface area contributed by atoms with E-state index >= 15 is 4.39 Å². The number of fused-ring (bicyclic) bond motifs is 5. The van der Waals surface area contributed by atoms with Gasteiger partial charge in [0.2, 0.25) is 0 Å². The Kier molecular flexibility index (Phi) is 9.69. The Hall–Kier alpha value is 0.713. The van der Waals surface area contributed by atoms with Crippen molar-refractivity contribution in [2.45, 2.75) is 82.3 Å². The first-order valence-electron chi connectivity index (χ1n) is 12.3. The molecule has 2 radical (unpaired) electrons. The first kappa shape index (κ1) is 33.2. The quantitative estimate of drug-likeness (QED) is 0.259. The molecule has 1 saturated heterocycles. The van der Waals surface area contributed by atoms with E-state index in [0.29, 0.717) is 5.57 Å². The number of hydrogen-bond acceptors (Lipinski definition) is 8. The second-order valence-corrected chi connectivity index (χ2v) is 11.6. The summed E-state index contributed by atoms with van der Waals surface area (Å²) in [6.07, 6.45) is -8.16. The molecule has 2 saturated carbocycles. The van der Waals surface area contributed by atoms with Crippen LogP contribution in [0.3, 0.4) is 0 Å². The fourth-order valence-electron chi connectivity index (χ4n) is 7.23. The van der Waals surface area contributed by atoms with Gasteiger partial charge in [-0.2, -0.15) is 0 Å². The first-order valence-corrected chi connectivity index (χ1v) is 12.3. The maximum Gasteiger partial charge on any atom is 0.338 e. The number of aliphatic hydroxyl groups is 4. The van der Waals surface area contributed by atoms with Crippen molar-refractivity contribution < 1.29 is 132 Å². The normalized spacial score (nSPS) is 43.1. The Labute approximate surface area is 292 Å². The fraction of sp³-hybridized carbons (Fsp3) is 0.630. The molecule has 11 heteroatoms. The minimum Gasteiger partial charge on any atom is -0.455 e. The summed E-state index contributed by atoms with van der Waals surface area (Å²) in [5.74, 6) is -3.18. The van der Waals surface area contributed by atoms with Crippen LogP contribution >= 0.6 is 0 Å². The Morgan fingerprint density at radius 1 is 1.11 bits per heavy atom. The van der Waals surface area contributed by atoms with Gasteiger partial charge in [0, 0.05) is 112 Å². The number of rotatable bonds is 2. The Bertz CT molecular complexity index is 1150. The van der Waals surface area contributed by atoms with E-state index in [0.717, 1.165) is 0 Å². The minimum absolute atomic E-state index is 0. The molecule has 202 valence electrons. The maximum atomic E-state index is 16.0. The van der Waals surface area contributed by atoms with Gasteiger partial charge in [-0.25, -0.2) is 9.18 Å². The number of ether oxygens (including phenoxy) is 2. The van der Waals surface area contributed by atoms with Gasteiger partial charge in [-0.05, 0) is 37.1 Å². The van der Waals surface area contributed by atoms with Gasteiger partial charge in [0.25, 0.3) is 0 Å². The standard InChI is InChI=1S/C27H33FO8.2Ac/c1-13-15(29)11-27(34)22(36-23(32)14-8-6-5-7-9-14)20-25(4,16(28)10-17-26(20,33)12-35-17)21(31)19(30)18(13)24(27,2)3;;/h5-9,15-17,19-20,22,29-30,33-34H,10-12H2,1-4H3;;. The summed E-state index contributed by atoms with van der Waals surface area (Å²) in [4.78, 5) is 27.3. The van der Waals surface area contributed by atoms with Crippen molar-refractivity contribution in [1.29, 1.82) is 0 Å². The van der Waals surface area contributed by atoms with E-state index in [9.17, 15) is 30.0 Å². The van der Waals surface area contributed by atoms with Gasteiger partial charge < -0.3 is 29.9 Å². The average molecular weight is 959 g/mol. The Balaban J connectivity index is 0.00000200. The molecule has 3 aliphatic carbocycles. The molecule has 4 N–H and O–H groups in total. The third-order valence-corrected chi connectivity index (χ3v) is 9.58. The molecule has 38 heavy (non-hydrogen) atoms. The van der Waals surface area contributed by atoms with Crippen LogP contribution in [-0.2, 0) is 14.3 Å². The number of esters is 1. The van der Waals surface area contributed by atoms with Gasteiger partial charge in [0.05, 0.1) is 29.8 Å². The number of alkyl halides is 1. The summed E-state index contributed by atoms with van der Waals surface area (Å²) in [6, 6.07) is 8.01. The monoisotopic (exact) mass is 958 g/mol. The largest absolute Gasteiger partial charge is 0.455 e. The molecule has 3 fully saturated rings. The second-order valence-electron chi connectivity index (χ2n) is 11.6. The van der Waals surface area contributed by atoms with Crippen LogP contribution in [0.5, 0.6) is 0 Å². The molecule has 0 amide bonds. The minimum atomic E-state index is -2.08.